The maximum absolute atomic E-state index is 14.7. The summed E-state index contributed by atoms with van der Waals surface area (Å²) in [6.45, 7) is 1.64. The first-order valence-electron chi connectivity index (χ1n) is 12.2. The van der Waals surface area contributed by atoms with Crippen LogP contribution in [0.3, 0.4) is 0 Å². The minimum atomic E-state index is -0.664. The van der Waals surface area contributed by atoms with Gasteiger partial charge in [-0.1, -0.05) is 24.3 Å². The molecule has 1 fully saturated rings. The molecule has 3 heterocycles. The normalized spacial score (nSPS) is 13.7. The van der Waals surface area contributed by atoms with Gasteiger partial charge in [0.2, 0.25) is 5.95 Å². The zero-order valence-electron chi connectivity index (χ0n) is 20.7. The lowest BCUT2D eigenvalue weighted by Gasteiger charge is -2.34. The molecular formula is C27H24FN7O4. The zero-order valence-corrected chi connectivity index (χ0v) is 20.7. The lowest BCUT2D eigenvalue weighted by Crippen LogP contribution is -2.49. The number of halogens is 1. The van der Waals surface area contributed by atoms with Crippen molar-refractivity contribution in [3.63, 3.8) is 0 Å². The van der Waals surface area contributed by atoms with E-state index in [9.17, 15) is 18.8 Å². The third kappa shape index (κ3) is 5.65. The van der Waals surface area contributed by atoms with Gasteiger partial charge in [0, 0.05) is 62.0 Å². The highest BCUT2D eigenvalue weighted by Crippen LogP contribution is 2.20. The summed E-state index contributed by atoms with van der Waals surface area (Å²) in [4.78, 5) is 48.5. The molecule has 4 aromatic rings. The maximum atomic E-state index is 14.7. The standard InChI is InChI=1S/C27H24FN7O4/c28-22-7-5-17(14-23-19-3-1-2-4-20(19)25(37)32-31-23)13-21(22)26(38)34-9-11-35(12-10-34)27-29-15-18(16-30-27)6-8-24(36)33-39/h1-8,13,15-16,39H,9-12,14H2,(H,32,37)(H,33,36)/b8-6+. The fourth-order valence-corrected chi connectivity index (χ4v) is 4.42. The van der Waals surface area contributed by atoms with Crippen LogP contribution < -0.4 is 15.9 Å². The van der Waals surface area contributed by atoms with E-state index < -0.39 is 17.6 Å². The molecule has 0 bridgehead atoms. The van der Waals surface area contributed by atoms with Crippen molar-refractivity contribution in [1.29, 1.82) is 0 Å². The Labute approximate surface area is 221 Å². The molecule has 0 atom stereocenters. The Morgan fingerprint density at radius 3 is 2.49 bits per heavy atom. The number of carbonyl (C=O) groups excluding carboxylic acids is 2. The number of hydrogen-bond acceptors (Lipinski definition) is 8. The van der Waals surface area contributed by atoms with Crippen molar-refractivity contribution >= 4 is 34.6 Å². The number of amides is 2. The van der Waals surface area contributed by atoms with E-state index in [4.69, 9.17) is 5.21 Å². The van der Waals surface area contributed by atoms with Gasteiger partial charge in [-0.15, -0.1) is 0 Å². The fourth-order valence-electron chi connectivity index (χ4n) is 4.42. The minimum absolute atomic E-state index is 0.0195. The van der Waals surface area contributed by atoms with Gasteiger partial charge in [-0.05, 0) is 29.8 Å². The molecule has 0 aliphatic carbocycles. The first kappa shape index (κ1) is 25.7. The van der Waals surface area contributed by atoms with Gasteiger partial charge < -0.3 is 9.80 Å². The highest BCUT2D eigenvalue weighted by atomic mass is 19.1. The van der Waals surface area contributed by atoms with E-state index in [0.717, 1.165) is 6.08 Å². The van der Waals surface area contributed by atoms with E-state index in [1.165, 1.54) is 23.7 Å². The molecule has 39 heavy (non-hydrogen) atoms. The molecule has 2 aromatic carbocycles. The number of aromatic amines is 1. The van der Waals surface area contributed by atoms with Crippen molar-refractivity contribution in [3.8, 4) is 0 Å². The number of piperazine rings is 1. The molecule has 2 aromatic heterocycles. The van der Waals surface area contributed by atoms with Crippen LogP contribution >= 0.6 is 0 Å². The zero-order chi connectivity index (χ0) is 27.4. The van der Waals surface area contributed by atoms with Crippen LogP contribution in [0.25, 0.3) is 16.8 Å². The molecule has 1 saturated heterocycles. The van der Waals surface area contributed by atoms with Crippen molar-refractivity contribution in [3.05, 3.63) is 99.5 Å². The number of aromatic nitrogens is 4. The van der Waals surface area contributed by atoms with Crippen LogP contribution in [0.15, 0.2) is 65.7 Å². The van der Waals surface area contributed by atoms with E-state index in [1.807, 2.05) is 17.0 Å². The lowest BCUT2D eigenvalue weighted by molar-refractivity contribution is -0.124. The van der Waals surface area contributed by atoms with Crippen LogP contribution in [0.5, 0.6) is 0 Å². The fraction of sp³-hybridized carbons (Fsp3) is 0.185. The predicted molar refractivity (Wildman–Crippen MR) is 141 cm³/mol. The quantitative estimate of drug-likeness (QED) is 0.195. The molecule has 0 saturated carbocycles. The van der Waals surface area contributed by atoms with Crippen molar-refractivity contribution in [2.24, 2.45) is 0 Å². The smallest absolute Gasteiger partial charge is 0.272 e. The molecule has 198 valence electrons. The number of carbonyl (C=O) groups is 2. The summed E-state index contributed by atoms with van der Waals surface area (Å²) in [5.74, 6) is -1.20. The number of rotatable bonds is 6. The summed E-state index contributed by atoms with van der Waals surface area (Å²) in [5, 5.41) is 16.4. The van der Waals surface area contributed by atoms with Crippen LogP contribution in [0, 0.1) is 5.82 Å². The van der Waals surface area contributed by atoms with Crippen molar-refractivity contribution in [1.82, 2.24) is 30.5 Å². The number of H-pyrrole nitrogens is 1. The van der Waals surface area contributed by atoms with Crippen molar-refractivity contribution in [2.75, 3.05) is 31.1 Å². The molecule has 3 N–H and O–H groups in total. The second-order valence-corrected chi connectivity index (χ2v) is 8.94. The number of hydroxylamine groups is 1. The summed E-state index contributed by atoms with van der Waals surface area (Å²) >= 11 is 0. The van der Waals surface area contributed by atoms with E-state index in [-0.39, 0.29) is 11.1 Å². The Kier molecular flexibility index (Phi) is 7.37. The average molecular weight is 530 g/mol. The summed E-state index contributed by atoms with van der Waals surface area (Å²) in [6, 6.07) is 11.6. The monoisotopic (exact) mass is 529 g/mol. The molecule has 2 amide bonds. The predicted octanol–water partition coefficient (Wildman–Crippen LogP) is 1.92. The van der Waals surface area contributed by atoms with Crippen LogP contribution in [-0.2, 0) is 11.2 Å². The highest BCUT2D eigenvalue weighted by Gasteiger charge is 2.25. The summed E-state index contributed by atoms with van der Waals surface area (Å²) in [7, 11) is 0. The molecule has 11 nitrogen and oxygen atoms in total. The van der Waals surface area contributed by atoms with Gasteiger partial charge in [-0.2, -0.15) is 5.10 Å². The molecular weight excluding hydrogens is 505 g/mol. The first-order valence-corrected chi connectivity index (χ1v) is 12.2. The molecule has 1 aliphatic rings. The lowest BCUT2D eigenvalue weighted by atomic mass is 10.0. The van der Waals surface area contributed by atoms with E-state index in [1.54, 1.807) is 35.5 Å². The molecule has 12 heteroatoms. The number of nitrogens with zero attached hydrogens (tertiary/aromatic N) is 5. The highest BCUT2D eigenvalue weighted by molar-refractivity contribution is 5.95. The molecule has 0 unspecified atom stereocenters. The summed E-state index contributed by atoms with van der Waals surface area (Å²) < 4.78 is 14.7. The van der Waals surface area contributed by atoms with Gasteiger partial charge in [0.25, 0.3) is 17.4 Å². The topological polar surface area (TPSA) is 144 Å². The second-order valence-electron chi connectivity index (χ2n) is 8.94. The van der Waals surface area contributed by atoms with Gasteiger partial charge >= 0.3 is 0 Å². The Morgan fingerprint density at radius 1 is 1.05 bits per heavy atom. The Bertz CT molecular complexity index is 1610. The minimum Gasteiger partial charge on any atom is -0.337 e. The maximum Gasteiger partial charge on any atom is 0.272 e. The average Bonchev–Trinajstić information content (AvgIpc) is 2.98. The number of hydrogen-bond donors (Lipinski definition) is 3. The largest absolute Gasteiger partial charge is 0.337 e. The molecule has 1 aliphatic heterocycles. The second kappa shape index (κ2) is 11.2. The summed E-state index contributed by atoms with van der Waals surface area (Å²) in [5.41, 5.74) is 3.10. The van der Waals surface area contributed by atoms with Gasteiger partial charge in [-0.25, -0.2) is 24.9 Å². The molecule has 0 radical (unpaired) electrons. The van der Waals surface area contributed by atoms with Gasteiger partial charge in [0.15, 0.2) is 0 Å². The number of nitrogens with one attached hydrogen (secondary N) is 2. The van der Waals surface area contributed by atoms with E-state index in [0.29, 0.717) is 66.1 Å². The van der Waals surface area contributed by atoms with Crippen LogP contribution in [0.2, 0.25) is 0 Å². The Balaban J connectivity index is 1.26. The van der Waals surface area contributed by atoms with Crippen LogP contribution in [0.1, 0.15) is 27.2 Å². The van der Waals surface area contributed by atoms with Crippen molar-refractivity contribution in [2.45, 2.75) is 6.42 Å². The number of fused-ring (bicyclic) bond motifs is 1. The van der Waals surface area contributed by atoms with E-state index >= 15 is 0 Å². The molecule has 0 spiro atoms. The third-order valence-corrected chi connectivity index (χ3v) is 6.45. The van der Waals surface area contributed by atoms with Crippen LogP contribution in [0.4, 0.5) is 10.3 Å². The number of anilines is 1. The third-order valence-electron chi connectivity index (χ3n) is 6.45. The van der Waals surface area contributed by atoms with Gasteiger partial charge in [0.05, 0.1) is 16.6 Å². The van der Waals surface area contributed by atoms with Gasteiger partial charge in [0.1, 0.15) is 5.82 Å². The Morgan fingerprint density at radius 2 is 1.77 bits per heavy atom. The summed E-state index contributed by atoms with van der Waals surface area (Å²) in [6.07, 6.45) is 6.02. The SMILES string of the molecule is O=C(/C=C/c1cnc(N2CCN(C(=O)c3cc(Cc4n[nH]c(=O)c5ccccc45)ccc3F)CC2)nc1)NO. The molecule has 5 rings (SSSR count). The van der Waals surface area contributed by atoms with Gasteiger partial charge in [-0.3, -0.25) is 19.6 Å². The van der Waals surface area contributed by atoms with Crippen molar-refractivity contribution < 1.29 is 19.2 Å². The van der Waals surface area contributed by atoms with Crippen LogP contribution in [-0.4, -0.2) is 68.3 Å². The Hall–Kier alpha value is -4.97. The van der Waals surface area contributed by atoms with E-state index in [2.05, 4.69) is 20.2 Å². The first-order chi connectivity index (χ1) is 18.9. The number of benzene rings is 2.